The summed E-state index contributed by atoms with van der Waals surface area (Å²) in [5.74, 6) is -0.780. The fraction of sp³-hybridized carbons (Fsp3) is 0.562. The van der Waals surface area contributed by atoms with Crippen LogP contribution in [-0.4, -0.2) is 50.7 Å². The van der Waals surface area contributed by atoms with Gasteiger partial charge in [-0.3, -0.25) is 4.79 Å². The number of benzene rings is 1. The van der Waals surface area contributed by atoms with E-state index in [1.807, 2.05) is 13.8 Å². The molecule has 6 nitrogen and oxygen atoms in total. The third kappa shape index (κ3) is 8.37. The van der Waals surface area contributed by atoms with Crippen LogP contribution in [-0.2, 0) is 26.1 Å². The number of ether oxygens (including phenoxy) is 1. The molecule has 0 fully saturated rings. The highest BCUT2D eigenvalue weighted by Crippen LogP contribution is 2.09. The highest BCUT2D eigenvalue weighted by molar-refractivity contribution is 7.88. The van der Waals surface area contributed by atoms with Gasteiger partial charge in [0.15, 0.2) is 0 Å². The highest BCUT2D eigenvalue weighted by Gasteiger charge is 2.20. The molecule has 1 N–H and O–H groups in total. The van der Waals surface area contributed by atoms with E-state index in [9.17, 15) is 17.6 Å². The van der Waals surface area contributed by atoms with Gasteiger partial charge in [0.25, 0.3) is 0 Å². The maximum atomic E-state index is 12.9. The number of halogens is 1. The fourth-order valence-electron chi connectivity index (χ4n) is 1.92. The molecule has 0 saturated carbocycles. The Labute approximate surface area is 143 Å². The average molecular weight is 360 g/mol. The lowest BCUT2D eigenvalue weighted by Gasteiger charge is -2.19. The van der Waals surface area contributed by atoms with Crippen molar-refractivity contribution in [3.05, 3.63) is 35.6 Å². The van der Waals surface area contributed by atoms with E-state index in [0.717, 1.165) is 10.6 Å². The molecule has 0 unspecified atom stereocenters. The molecule has 0 bridgehead atoms. The van der Waals surface area contributed by atoms with Gasteiger partial charge in [-0.05, 0) is 38.0 Å². The van der Waals surface area contributed by atoms with Crippen LogP contribution in [0.4, 0.5) is 4.39 Å². The van der Waals surface area contributed by atoms with E-state index in [-0.39, 0.29) is 25.1 Å². The average Bonchev–Trinajstić information content (AvgIpc) is 2.47. The number of nitrogens with one attached hydrogen (secondary N) is 1. The van der Waals surface area contributed by atoms with Crippen LogP contribution in [0.25, 0.3) is 0 Å². The smallest absolute Gasteiger partial charge is 0.235 e. The van der Waals surface area contributed by atoms with Gasteiger partial charge in [-0.2, -0.15) is 4.31 Å². The number of carbonyl (C=O) groups excluding carboxylic acids is 1. The monoisotopic (exact) mass is 360 g/mol. The molecule has 0 saturated heterocycles. The quantitative estimate of drug-likeness (QED) is 0.642. The number of nitrogens with zero attached hydrogens (tertiary/aromatic N) is 1. The lowest BCUT2D eigenvalue weighted by atomic mass is 10.2. The second kappa shape index (κ2) is 9.71. The normalized spacial score (nSPS) is 11.9. The van der Waals surface area contributed by atoms with Crippen molar-refractivity contribution in [2.45, 2.75) is 32.9 Å². The van der Waals surface area contributed by atoms with Gasteiger partial charge < -0.3 is 10.1 Å². The zero-order chi connectivity index (χ0) is 18.2. The molecule has 0 heterocycles. The molecule has 24 heavy (non-hydrogen) atoms. The molecule has 1 rings (SSSR count). The molecule has 0 spiro atoms. The molecule has 8 heteroatoms. The minimum absolute atomic E-state index is 0.0169. The Morgan fingerprint density at radius 3 is 2.46 bits per heavy atom. The molecule has 0 aliphatic carbocycles. The van der Waals surface area contributed by atoms with Crippen molar-refractivity contribution in [3.8, 4) is 0 Å². The van der Waals surface area contributed by atoms with E-state index in [0.29, 0.717) is 25.1 Å². The summed E-state index contributed by atoms with van der Waals surface area (Å²) in [6.45, 7) is 4.54. The van der Waals surface area contributed by atoms with Gasteiger partial charge in [-0.1, -0.05) is 12.1 Å². The maximum Gasteiger partial charge on any atom is 0.235 e. The van der Waals surface area contributed by atoms with E-state index in [1.54, 1.807) is 0 Å². The second-order valence-electron chi connectivity index (χ2n) is 5.78. The van der Waals surface area contributed by atoms with Crippen LogP contribution in [0.3, 0.4) is 0 Å². The second-order valence-corrected chi connectivity index (χ2v) is 7.76. The van der Waals surface area contributed by atoms with Crippen molar-refractivity contribution in [2.75, 3.05) is 26.0 Å². The fourth-order valence-corrected chi connectivity index (χ4v) is 2.65. The molecule has 1 aromatic rings. The Morgan fingerprint density at radius 1 is 1.29 bits per heavy atom. The highest BCUT2D eigenvalue weighted by atomic mass is 32.2. The van der Waals surface area contributed by atoms with Crippen LogP contribution < -0.4 is 5.32 Å². The van der Waals surface area contributed by atoms with E-state index < -0.39 is 15.8 Å². The summed E-state index contributed by atoms with van der Waals surface area (Å²) in [4.78, 5) is 11.9. The van der Waals surface area contributed by atoms with Crippen molar-refractivity contribution in [3.63, 3.8) is 0 Å². The first-order valence-corrected chi connectivity index (χ1v) is 9.61. The third-order valence-electron chi connectivity index (χ3n) is 3.16. The number of sulfonamides is 1. The number of amides is 1. The van der Waals surface area contributed by atoms with E-state index in [4.69, 9.17) is 4.74 Å². The van der Waals surface area contributed by atoms with E-state index in [1.165, 1.54) is 24.3 Å². The van der Waals surface area contributed by atoms with Crippen LogP contribution in [0.15, 0.2) is 24.3 Å². The lowest BCUT2D eigenvalue weighted by molar-refractivity contribution is -0.121. The van der Waals surface area contributed by atoms with Gasteiger partial charge in [-0.15, -0.1) is 0 Å². The summed E-state index contributed by atoms with van der Waals surface area (Å²) in [5.41, 5.74) is 0.611. The molecule has 136 valence electrons. The predicted molar refractivity (Wildman–Crippen MR) is 90.4 cm³/mol. The minimum Gasteiger partial charge on any atom is -0.379 e. The van der Waals surface area contributed by atoms with Crippen LogP contribution in [0.1, 0.15) is 25.8 Å². The zero-order valence-corrected chi connectivity index (χ0v) is 15.1. The Morgan fingerprint density at radius 2 is 1.92 bits per heavy atom. The first kappa shape index (κ1) is 20.5. The molecule has 0 aliphatic heterocycles. The van der Waals surface area contributed by atoms with E-state index in [2.05, 4.69) is 5.32 Å². The van der Waals surface area contributed by atoms with Gasteiger partial charge in [0, 0.05) is 19.7 Å². The Hall–Kier alpha value is -1.51. The Bertz CT molecular complexity index is 617. The summed E-state index contributed by atoms with van der Waals surface area (Å²) in [7, 11) is -3.56. The third-order valence-corrected chi connectivity index (χ3v) is 4.35. The van der Waals surface area contributed by atoms with Crippen LogP contribution in [0, 0.1) is 5.82 Å². The topological polar surface area (TPSA) is 75.7 Å². The van der Waals surface area contributed by atoms with Gasteiger partial charge in [-0.25, -0.2) is 12.8 Å². The van der Waals surface area contributed by atoms with Crippen LogP contribution in [0.2, 0.25) is 0 Å². The van der Waals surface area contributed by atoms with Crippen molar-refractivity contribution >= 4 is 15.9 Å². The molecular weight excluding hydrogens is 335 g/mol. The first-order valence-electron chi connectivity index (χ1n) is 7.76. The predicted octanol–water partition coefficient (Wildman–Crippen LogP) is 1.52. The van der Waals surface area contributed by atoms with Gasteiger partial charge in [0.2, 0.25) is 15.9 Å². The molecule has 1 amide bonds. The van der Waals surface area contributed by atoms with Crippen molar-refractivity contribution in [2.24, 2.45) is 0 Å². The first-order chi connectivity index (χ1) is 11.2. The molecule has 0 atom stereocenters. The zero-order valence-electron chi connectivity index (χ0n) is 14.3. The van der Waals surface area contributed by atoms with Gasteiger partial charge in [0.1, 0.15) is 5.82 Å². The SMILES string of the molecule is CC(C)OCCCNC(=O)CN(Cc1ccc(F)cc1)S(C)(=O)=O. The van der Waals surface area contributed by atoms with Crippen molar-refractivity contribution in [1.82, 2.24) is 9.62 Å². The van der Waals surface area contributed by atoms with Crippen molar-refractivity contribution < 1.29 is 22.3 Å². The minimum atomic E-state index is -3.56. The number of carbonyl (C=O) groups is 1. The largest absolute Gasteiger partial charge is 0.379 e. The summed E-state index contributed by atoms with van der Waals surface area (Å²) in [6, 6.07) is 5.50. The summed E-state index contributed by atoms with van der Waals surface area (Å²) >= 11 is 0. The Balaban J connectivity index is 2.51. The van der Waals surface area contributed by atoms with Crippen LogP contribution >= 0.6 is 0 Å². The summed E-state index contributed by atoms with van der Waals surface area (Å²) in [6.07, 6.45) is 1.83. The lowest BCUT2D eigenvalue weighted by Crippen LogP contribution is -2.40. The standard InChI is InChI=1S/C16H25FN2O4S/c1-13(2)23-10-4-9-18-16(20)12-19(24(3,21)22)11-14-5-7-15(17)8-6-14/h5-8,13H,4,9-12H2,1-3H3,(H,18,20). The molecular formula is C16H25FN2O4S. The molecule has 0 radical (unpaired) electrons. The van der Waals surface area contributed by atoms with Crippen molar-refractivity contribution in [1.29, 1.82) is 0 Å². The molecule has 0 aliphatic rings. The van der Waals surface area contributed by atoms with Gasteiger partial charge in [0.05, 0.1) is 18.9 Å². The molecule has 1 aromatic carbocycles. The van der Waals surface area contributed by atoms with E-state index >= 15 is 0 Å². The summed E-state index contributed by atoms with van der Waals surface area (Å²) in [5, 5.41) is 2.67. The maximum absolute atomic E-state index is 12.9. The van der Waals surface area contributed by atoms with Gasteiger partial charge >= 0.3 is 0 Å². The number of rotatable bonds is 10. The number of hydrogen-bond donors (Lipinski definition) is 1. The Kier molecular flexibility index (Phi) is 8.30. The van der Waals surface area contributed by atoms with Crippen LogP contribution in [0.5, 0.6) is 0 Å². The number of hydrogen-bond acceptors (Lipinski definition) is 4. The molecule has 0 aromatic heterocycles. The summed E-state index contributed by atoms with van der Waals surface area (Å²) < 4.78 is 43.0.